The number of sulfonamides is 1. The maximum atomic E-state index is 12.7. The molecule has 0 radical (unpaired) electrons. The molecule has 0 aromatic heterocycles. The van der Waals surface area contributed by atoms with Crippen LogP contribution in [0.2, 0.25) is 5.02 Å². The number of carbonyl (C=O) groups is 1. The molecule has 0 aliphatic rings. The van der Waals surface area contributed by atoms with Crippen molar-refractivity contribution in [1.82, 2.24) is 0 Å². The Bertz CT molecular complexity index is 1190. The Morgan fingerprint density at radius 2 is 1.67 bits per heavy atom. The topological polar surface area (TPSA) is 84.5 Å². The third-order valence-corrected chi connectivity index (χ3v) is 6.30. The number of halogens is 1. The monoisotopic (exact) mass is 444 g/mol. The van der Waals surface area contributed by atoms with E-state index >= 15 is 0 Å². The Morgan fingerprint density at radius 1 is 0.967 bits per heavy atom. The molecule has 0 atom stereocenters. The molecule has 0 unspecified atom stereocenters. The zero-order valence-corrected chi connectivity index (χ0v) is 18.3. The fraction of sp³-hybridized carbons (Fsp3) is 0.136. The second-order valence-corrected chi connectivity index (χ2v) is 8.79. The van der Waals surface area contributed by atoms with Crippen molar-refractivity contribution in [2.24, 2.45) is 0 Å². The molecule has 1 amide bonds. The number of anilines is 2. The summed E-state index contributed by atoms with van der Waals surface area (Å²) in [6, 6.07) is 16.0. The minimum absolute atomic E-state index is 0.0558. The van der Waals surface area contributed by atoms with E-state index in [1.807, 2.05) is 19.9 Å². The smallest absolute Gasteiger partial charge is 0.261 e. The molecule has 0 aliphatic heterocycles. The Kier molecular flexibility index (Phi) is 6.34. The number of hydrogen-bond acceptors (Lipinski definition) is 4. The Balaban J connectivity index is 1.79. The van der Waals surface area contributed by atoms with Gasteiger partial charge in [0.05, 0.1) is 23.4 Å². The molecule has 3 rings (SSSR count). The number of rotatable bonds is 6. The van der Waals surface area contributed by atoms with E-state index in [0.717, 1.165) is 11.1 Å². The molecule has 0 fully saturated rings. The largest absolute Gasteiger partial charge is 0.495 e. The average Bonchev–Trinajstić information content (AvgIpc) is 2.71. The van der Waals surface area contributed by atoms with Crippen LogP contribution in [-0.4, -0.2) is 21.4 Å². The van der Waals surface area contributed by atoms with Gasteiger partial charge in [0.1, 0.15) is 5.75 Å². The minimum Gasteiger partial charge on any atom is -0.495 e. The minimum atomic E-state index is -3.79. The highest BCUT2D eigenvalue weighted by Crippen LogP contribution is 2.28. The van der Waals surface area contributed by atoms with Crippen molar-refractivity contribution in [2.45, 2.75) is 18.7 Å². The summed E-state index contributed by atoms with van der Waals surface area (Å²) in [6.07, 6.45) is 0. The number of ether oxygens (including phenoxy) is 1. The molecule has 3 aromatic rings. The van der Waals surface area contributed by atoms with Gasteiger partial charge in [-0.05, 0) is 73.5 Å². The standard InChI is InChI=1S/C22H21ClN2O4S/c1-14-5-4-6-19(15(14)2)25-30(27,28)18-10-7-16(8-11-18)22(26)24-20-13-17(23)9-12-21(20)29-3/h4-13,25H,1-3H3,(H,24,26). The first-order valence-corrected chi connectivity index (χ1v) is 10.9. The third-order valence-electron chi connectivity index (χ3n) is 4.69. The van der Waals surface area contributed by atoms with Gasteiger partial charge in [0.25, 0.3) is 15.9 Å². The predicted octanol–water partition coefficient (Wildman–Crippen LogP) is 5.02. The Labute approximate surface area is 180 Å². The number of methoxy groups -OCH3 is 1. The van der Waals surface area contributed by atoms with Gasteiger partial charge in [-0.3, -0.25) is 9.52 Å². The molecule has 6 nitrogen and oxygen atoms in total. The lowest BCUT2D eigenvalue weighted by molar-refractivity contribution is 0.102. The summed E-state index contributed by atoms with van der Waals surface area (Å²) < 4.78 is 33.2. The number of carbonyl (C=O) groups excluding carboxylic acids is 1. The Hall–Kier alpha value is -3.03. The molecular formula is C22H21ClN2O4S. The van der Waals surface area contributed by atoms with Crippen molar-refractivity contribution in [1.29, 1.82) is 0 Å². The van der Waals surface area contributed by atoms with Gasteiger partial charge in [-0.15, -0.1) is 0 Å². The summed E-state index contributed by atoms with van der Waals surface area (Å²) in [7, 11) is -2.30. The van der Waals surface area contributed by atoms with Crippen LogP contribution >= 0.6 is 11.6 Å². The summed E-state index contributed by atoms with van der Waals surface area (Å²) in [5, 5.41) is 3.17. The van der Waals surface area contributed by atoms with Crippen LogP contribution in [-0.2, 0) is 10.0 Å². The van der Waals surface area contributed by atoms with Gasteiger partial charge in [-0.2, -0.15) is 0 Å². The second-order valence-electron chi connectivity index (χ2n) is 6.68. The van der Waals surface area contributed by atoms with Crippen LogP contribution in [0.5, 0.6) is 5.75 Å². The molecule has 0 bridgehead atoms. The van der Waals surface area contributed by atoms with E-state index < -0.39 is 15.9 Å². The molecule has 0 aliphatic carbocycles. The van der Waals surface area contributed by atoms with Crippen molar-refractivity contribution in [2.75, 3.05) is 17.1 Å². The van der Waals surface area contributed by atoms with Crippen LogP contribution in [0.15, 0.2) is 65.6 Å². The molecule has 2 N–H and O–H groups in total. The van der Waals surface area contributed by atoms with E-state index in [0.29, 0.717) is 27.7 Å². The van der Waals surface area contributed by atoms with Crippen LogP contribution in [0, 0.1) is 13.8 Å². The average molecular weight is 445 g/mol. The zero-order chi connectivity index (χ0) is 21.9. The number of aryl methyl sites for hydroxylation is 1. The summed E-state index contributed by atoms with van der Waals surface area (Å²) in [5.41, 5.74) is 3.07. The van der Waals surface area contributed by atoms with Crippen molar-refractivity contribution in [3.8, 4) is 5.75 Å². The molecule has 8 heteroatoms. The lowest BCUT2D eigenvalue weighted by Gasteiger charge is -2.13. The van der Waals surface area contributed by atoms with E-state index in [-0.39, 0.29) is 4.90 Å². The number of amides is 1. The zero-order valence-electron chi connectivity index (χ0n) is 16.7. The van der Waals surface area contributed by atoms with Gasteiger partial charge < -0.3 is 10.1 Å². The van der Waals surface area contributed by atoms with Gasteiger partial charge in [0.2, 0.25) is 0 Å². The Morgan fingerprint density at radius 3 is 2.33 bits per heavy atom. The molecule has 30 heavy (non-hydrogen) atoms. The quantitative estimate of drug-likeness (QED) is 0.559. The van der Waals surface area contributed by atoms with Crippen LogP contribution in [0.25, 0.3) is 0 Å². The van der Waals surface area contributed by atoms with E-state index in [2.05, 4.69) is 10.0 Å². The fourth-order valence-corrected chi connectivity index (χ4v) is 4.12. The van der Waals surface area contributed by atoms with Crippen LogP contribution in [0.1, 0.15) is 21.5 Å². The molecule has 0 saturated heterocycles. The van der Waals surface area contributed by atoms with Crippen molar-refractivity contribution < 1.29 is 17.9 Å². The molecular weight excluding hydrogens is 424 g/mol. The summed E-state index contributed by atoms with van der Waals surface area (Å²) in [5.74, 6) is 0.0478. The normalized spacial score (nSPS) is 11.1. The highest BCUT2D eigenvalue weighted by atomic mass is 35.5. The van der Waals surface area contributed by atoms with Gasteiger partial charge >= 0.3 is 0 Å². The molecule has 0 saturated carbocycles. The first-order chi connectivity index (χ1) is 14.2. The van der Waals surface area contributed by atoms with Crippen molar-refractivity contribution in [3.05, 3.63) is 82.4 Å². The molecule has 0 spiro atoms. The van der Waals surface area contributed by atoms with E-state index in [9.17, 15) is 13.2 Å². The highest BCUT2D eigenvalue weighted by Gasteiger charge is 2.17. The van der Waals surface area contributed by atoms with E-state index in [4.69, 9.17) is 16.3 Å². The van der Waals surface area contributed by atoms with Crippen molar-refractivity contribution >= 4 is 38.9 Å². The summed E-state index contributed by atoms with van der Waals surface area (Å²) in [4.78, 5) is 12.6. The van der Waals surface area contributed by atoms with Gasteiger partial charge in [0, 0.05) is 10.6 Å². The van der Waals surface area contributed by atoms with Gasteiger partial charge in [0.15, 0.2) is 0 Å². The van der Waals surface area contributed by atoms with E-state index in [1.165, 1.54) is 31.4 Å². The number of hydrogen-bond donors (Lipinski definition) is 2. The number of nitrogens with one attached hydrogen (secondary N) is 2. The van der Waals surface area contributed by atoms with Crippen LogP contribution in [0.3, 0.4) is 0 Å². The maximum Gasteiger partial charge on any atom is 0.261 e. The first kappa shape index (κ1) is 21.7. The lowest BCUT2D eigenvalue weighted by Crippen LogP contribution is -2.15. The van der Waals surface area contributed by atoms with Gasteiger partial charge in [-0.1, -0.05) is 23.7 Å². The maximum absolute atomic E-state index is 12.7. The third kappa shape index (κ3) is 4.75. The fourth-order valence-electron chi connectivity index (χ4n) is 2.82. The summed E-state index contributed by atoms with van der Waals surface area (Å²) in [6.45, 7) is 3.76. The van der Waals surface area contributed by atoms with Crippen LogP contribution < -0.4 is 14.8 Å². The molecule has 0 heterocycles. The highest BCUT2D eigenvalue weighted by molar-refractivity contribution is 7.92. The van der Waals surface area contributed by atoms with E-state index in [1.54, 1.807) is 30.3 Å². The summed E-state index contributed by atoms with van der Waals surface area (Å²) >= 11 is 5.98. The lowest BCUT2D eigenvalue weighted by atomic mass is 10.1. The second kappa shape index (κ2) is 8.77. The first-order valence-electron chi connectivity index (χ1n) is 9.05. The molecule has 156 valence electrons. The SMILES string of the molecule is COc1ccc(Cl)cc1NC(=O)c1ccc(S(=O)(=O)Nc2cccc(C)c2C)cc1. The number of benzene rings is 3. The van der Waals surface area contributed by atoms with Crippen LogP contribution in [0.4, 0.5) is 11.4 Å². The predicted molar refractivity (Wildman–Crippen MR) is 119 cm³/mol. The van der Waals surface area contributed by atoms with Crippen molar-refractivity contribution in [3.63, 3.8) is 0 Å². The van der Waals surface area contributed by atoms with Gasteiger partial charge in [-0.25, -0.2) is 8.42 Å². The molecule has 3 aromatic carbocycles.